The first-order valence-electron chi connectivity index (χ1n) is 5.29. The summed E-state index contributed by atoms with van der Waals surface area (Å²) < 4.78 is 49.3. The Bertz CT molecular complexity index is 375. The molecule has 0 saturated carbocycles. The van der Waals surface area contributed by atoms with E-state index in [9.17, 15) is 17.6 Å². The van der Waals surface area contributed by atoms with Crippen LogP contribution in [-0.2, 0) is 0 Å². The fourth-order valence-electron chi connectivity index (χ4n) is 1.97. The Balaban J connectivity index is 2.86. The van der Waals surface area contributed by atoms with E-state index in [1.54, 1.807) is 13.8 Å². The second-order valence-electron chi connectivity index (χ2n) is 4.21. The zero-order valence-electron chi connectivity index (χ0n) is 9.74. The predicted octanol–water partition coefficient (Wildman–Crippen LogP) is 3.78. The van der Waals surface area contributed by atoms with Crippen molar-refractivity contribution in [2.75, 3.05) is 0 Å². The zero-order chi connectivity index (χ0) is 13.2. The maximum absolute atomic E-state index is 13.0. The van der Waals surface area contributed by atoms with Gasteiger partial charge in [-0.15, -0.1) is 0 Å². The van der Waals surface area contributed by atoms with Crippen LogP contribution in [0.2, 0.25) is 0 Å². The Kier molecular flexibility index (Phi) is 4.14. The lowest BCUT2D eigenvalue weighted by Gasteiger charge is -2.18. The average molecular weight is 249 g/mol. The first-order chi connectivity index (χ1) is 7.70. The predicted molar refractivity (Wildman–Crippen MR) is 58.1 cm³/mol. The van der Waals surface area contributed by atoms with Crippen LogP contribution in [0.5, 0.6) is 0 Å². The van der Waals surface area contributed by atoms with Gasteiger partial charge < -0.3 is 5.73 Å². The molecular weight excluding hydrogens is 234 g/mol. The number of hydrogen-bond donors (Lipinski definition) is 1. The molecule has 17 heavy (non-hydrogen) atoms. The Morgan fingerprint density at radius 1 is 1.18 bits per heavy atom. The van der Waals surface area contributed by atoms with Gasteiger partial charge in [0.1, 0.15) is 5.82 Å². The van der Waals surface area contributed by atoms with Gasteiger partial charge in [0.15, 0.2) is 0 Å². The summed E-state index contributed by atoms with van der Waals surface area (Å²) in [6.45, 7) is 3.30. The van der Waals surface area contributed by atoms with Crippen molar-refractivity contribution < 1.29 is 17.6 Å². The smallest absolute Gasteiger partial charge is 0.324 e. The molecule has 1 unspecified atom stereocenters. The number of benzene rings is 1. The van der Waals surface area contributed by atoms with E-state index in [4.69, 9.17) is 5.73 Å². The molecule has 0 aliphatic rings. The minimum atomic E-state index is -4.21. The Morgan fingerprint density at radius 3 is 2.06 bits per heavy atom. The second kappa shape index (κ2) is 5.04. The van der Waals surface area contributed by atoms with Crippen LogP contribution < -0.4 is 5.73 Å². The minimum Gasteiger partial charge on any atom is -0.324 e. The van der Waals surface area contributed by atoms with Gasteiger partial charge in [-0.25, -0.2) is 4.39 Å². The molecule has 0 aliphatic carbocycles. The van der Waals surface area contributed by atoms with E-state index in [1.807, 2.05) is 0 Å². The summed E-state index contributed by atoms with van der Waals surface area (Å²) in [5.74, 6) is -0.397. The molecule has 0 fully saturated rings. The summed E-state index contributed by atoms with van der Waals surface area (Å²) in [5, 5.41) is 0. The van der Waals surface area contributed by atoms with Crippen molar-refractivity contribution in [2.45, 2.75) is 38.9 Å². The summed E-state index contributed by atoms with van der Waals surface area (Å²) in [5.41, 5.74) is 7.53. The monoisotopic (exact) mass is 249 g/mol. The minimum absolute atomic E-state index is 0.184. The molecule has 1 rings (SSSR count). The SMILES string of the molecule is Cc1cc(F)cc(C)c1C(N)CCC(F)(F)F. The van der Waals surface area contributed by atoms with E-state index in [2.05, 4.69) is 0 Å². The largest absolute Gasteiger partial charge is 0.389 e. The van der Waals surface area contributed by atoms with Gasteiger partial charge in [-0.3, -0.25) is 0 Å². The normalized spacial score (nSPS) is 13.8. The highest BCUT2D eigenvalue weighted by atomic mass is 19.4. The number of nitrogens with two attached hydrogens (primary N) is 1. The van der Waals surface area contributed by atoms with Crippen molar-refractivity contribution in [3.63, 3.8) is 0 Å². The highest BCUT2D eigenvalue weighted by molar-refractivity contribution is 5.36. The van der Waals surface area contributed by atoms with Crippen molar-refractivity contribution >= 4 is 0 Å². The number of aryl methyl sites for hydroxylation is 2. The fraction of sp³-hybridized carbons (Fsp3) is 0.500. The van der Waals surface area contributed by atoms with Crippen LogP contribution in [0.15, 0.2) is 12.1 Å². The van der Waals surface area contributed by atoms with E-state index in [0.29, 0.717) is 16.7 Å². The number of alkyl halides is 3. The lowest BCUT2D eigenvalue weighted by Crippen LogP contribution is -2.17. The summed E-state index contributed by atoms with van der Waals surface area (Å²) in [6, 6.07) is 1.86. The Morgan fingerprint density at radius 2 is 1.65 bits per heavy atom. The maximum Gasteiger partial charge on any atom is 0.389 e. The van der Waals surface area contributed by atoms with Gasteiger partial charge in [0.25, 0.3) is 0 Å². The van der Waals surface area contributed by atoms with Crippen LogP contribution in [0.3, 0.4) is 0 Å². The van der Waals surface area contributed by atoms with Gasteiger partial charge in [0.05, 0.1) is 0 Å². The summed E-state index contributed by atoms with van der Waals surface area (Å²) in [6.07, 6.45) is -5.32. The molecule has 1 aromatic rings. The van der Waals surface area contributed by atoms with Crippen LogP contribution >= 0.6 is 0 Å². The molecule has 1 nitrogen and oxygen atoms in total. The van der Waals surface area contributed by atoms with Crippen LogP contribution in [0.1, 0.15) is 35.6 Å². The third-order valence-electron chi connectivity index (χ3n) is 2.67. The molecule has 2 N–H and O–H groups in total. The molecule has 1 aromatic carbocycles. The first kappa shape index (κ1) is 14.0. The highest BCUT2D eigenvalue weighted by Gasteiger charge is 2.28. The average Bonchev–Trinajstić information content (AvgIpc) is 2.11. The van der Waals surface area contributed by atoms with Crippen molar-refractivity contribution in [1.82, 2.24) is 0 Å². The molecule has 1 atom stereocenters. The van der Waals surface area contributed by atoms with E-state index < -0.39 is 24.5 Å². The van der Waals surface area contributed by atoms with Gasteiger partial charge >= 0.3 is 6.18 Å². The summed E-state index contributed by atoms with van der Waals surface area (Å²) >= 11 is 0. The van der Waals surface area contributed by atoms with Crippen molar-refractivity contribution in [1.29, 1.82) is 0 Å². The molecule has 0 bridgehead atoms. The van der Waals surface area contributed by atoms with E-state index in [-0.39, 0.29) is 6.42 Å². The molecular formula is C12H15F4N. The van der Waals surface area contributed by atoms with Crippen LogP contribution in [-0.4, -0.2) is 6.18 Å². The van der Waals surface area contributed by atoms with E-state index >= 15 is 0 Å². The van der Waals surface area contributed by atoms with Gasteiger partial charge in [-0.1, -0.05) is 0 Å². The molecule has 0 saturated heterocycles. The third kappa shape index (κ3) is 4.00. The second-order valence-corrected chi connectivity index (χ2v) is 4.21. The molecule has 0 aliphatic heterocycles. The maximum atomic E-state index is 13.0. The third-order valence-corrected chi connectivity index (χ3v) is 2.67. The Hall–Kier alpha value is -1.10. The van der Waals surface area contributed by atoms with Gasteiger partial charge in [-0.2, -0.15) is 13.2 Å². The first-order valence-corrected chi connectivity index (χ1v) is 5.29. The van der Waals surface area contributed by atoms with Gasteiger partial charge in [-0.05, 0) is 49.1 Å². The number of rotatable bonds is 3. The van der Waals surface area contributed by atoms with Crippen molar-refractivity contribution in [3.8, 4) is 0 Å². The lowest BCUT2D eigenvalue weighted by molar-refractivity contribution is -0.136. The molecule has 5 heteroatoms. The topological polar surface area (TPSA) is 26.0 Å². The molecule has 0 heterocycles. The highest BCUT2D eigenvalue weighted by Crippen LogP contribution is 2.29. The van der Waals surface area contributed by atoms with Crippen molar-refractivity contribution in [2.24, 2.45) is 5.73 Å². The van der Waals surface area contributed by atoms with Crippen LogP contribution in [0.25, 0.3) is 0 Å². The fourth-order valence-corrected chi connectivity index (χ4v) is 1.97. The molecule has 0 aromatic heterocycles. The van der Waals surface area contributed by atoms with Gasteiger partial charge in [0, 0.05) is 12.5 Å². The van der Waals surface area contributed by atoms with Gasteiger partial charge in [0.2, 0.25) is 0 Å². The molecule has 0 spiro atoms. The lowest BCUT2D eigenvalue weighted by atomic mass is 9.93. The van der Waals surface area contributed by atoms with Crippen molar-refractivity contribution in [3.05, 3.63) is 34.6 Å². The summed E-state index contributed by atoms with van der Waals surface area (Å²) in [7, 11) is 0. The number of hydrogen-bond acceptors (Lipinski definition) is 1. The standard InChI is InChI=1S/C12H15F4N/c1-7-5-9(13)6-8(2)11(7)10(17)3-4-12(14,15)16/h5-6,10H,3-4,17H2,1-2H3. The molecule has 0 radical (unpaired) electrons. The number of halogens is 4. The van der Waals surface area contributed by atoms with Crippen LogP contribution in [0.4, 0.5) is 17.6 Å². The van der Waals surface area contributed by atoms with Crippen LogP contribution in [0, 0.1) is 19.7 Å². The molecule has 0 amide bonds. The summed E-state index contributed by atoms with van der Waals surface area (Å²) in [4.78, 5) is 0. The van der Waals surface area contributed by atoms with E-state index in [0.717, 1.165) is 0 Å². The molecule has 96 valence electrons. The zero-order valence-corrected chi connectivity index (χ0v) is 9.74. The Labute approximate surface area is 97.6 Å². The van der Waals surface area contributed by atoms with E-state index in [1.165, 1.54) is 12.1 Å². The quantitative estimate of drug-likeness (QED) is 0.810.